The molecule has 100 valence electrons. The Bertz CT molecular complexity index is 590. The lowest BCUT2D eigenvalue weighted by molar-refractivity contribution is 0.934. The van der Waals surface area contributed by atoms with E-state index in [2.05, 4.69) is 60.1 Å². The van der Waals surface area contributed by atoms with Crippen molar-refractivity contribution < 1.29 is 0 Å². The first-order valence-corrected chi connectivity index (χ1v) is 7.73. The van der Waals surface area contributed by atoms with Gasteiger partial charge in [0, 0.05) is 9.85 Å². The molecule has 0 fully saturated rings. The highest BCUT2D eigenvalue weighted by Gasteiger charge is 2.11. The molecule has 2 aromatic carbocycles. The molecular weight excluding hydrogens is 320 g/mol. The van der Waals surface area contributed by atoms with Gasteiger partial charge in [0.25, 0.3) is 0 Å². The largest absolute Gasteiger partial charge is 0.0841 e. The Morgan fingerprint density at radius 2 is 1.74 bits per heavy atom. The van der Waals surface area contributed by atoms with Crippen LogP contribution in [0.2, 0.25) is 5.02 Å². The second kappa shape index (κ2) is 6.11. The fourth-order valence-electron chi connectivity index (χ4n) is 2.19. The molecule has 1 unspecified atom stereocenters. The average Bonchev–Trinajstić information content (AvgIpc) is 2.37. The fourth-order valence-corrected chi connectivity index (χ4v) is 2.94. The van der Waals surface area contributed by atoms with Crippen LogP contribution in [-0.4, -0.2) is 0 Å². The minimum Gasteiger partial charge on any atom is -0.0841 e. The van der Waals surface area contributed by atoms with E-state index in [1.165, 1.54) is 22.3 Å². The summed E-state index contributed by atoms with van der Waals surface area (Å²) >= 11 is 9.87. The monoisotopic (exact) mass is 336 g/mol. The minimum absolute atomic E-state index is 0.323. The van der Waals surface area contributed by atoms with Gasteiger partial charge in [0.1, 0.15) is 0 Å². The molecule has 19 heavy (non-hydrogen) atoms. The highest BCUT2D eigenvalue weighted by molar-refractivity contribution is 9.09. The zero-order valence-corrected chi connectivity index (χ0v) is 13.8. The molecule has 0 spiro atoms. The second-order valence-electron chi connectivity index (χ2n) is 5.11. The number of aryl methyl sites for hydroxylation is 3. The number of hydrogen-bond acceptors (Lipinski definition) is 0. The van der Waals surface area contributed by atoms with E-state index in [0.29, 0.717) is 4.83 Å². The smallest absolute Gasteiger partial charge is 0.0435 e. The van der Waals surface area contributed by atoms with Crippen LogP contribution in [0.5, 0.6) is 0 Å². The van der Waals surface area contributed by atoms with E-state index >= 15 is 0 Å². The molecule has 0 aliphatic heterocycles. The molecular formula is C17H18BrCl. The van der Waals surface area contributed by atoms with Crippen LogP contribution in [0.1, 0.15) is 32.6 Å². The van der Waals surface area contributed by atoms with Crippen molar-refractivity contribution >= 4 is 27.5 Å². The van der Waals surface area contributed by atoms with Gasteiger partial charge in [-0.15, -0.1) is 0 Å². The van der Waals surface area contributed by atoms with E-state index in [1.807, 2.05) is 13.0 Å². The van der Waals surface area contributed by atoms with Gasteiger partial charge in [0.15, 0.2) is 0 Å². The highest BCUT2D eigenvalue weighted by atomic mass is 79.9. The van der Waals surface area contributed by atoms with E-state index in [-0.39, 0.29) is 0 Å². The Balaban J connectivity index is 2.22. The molecule has 0 aliphatic rings. The molecule has 0 saturated carbocycles. The summed E-state index contributed by atoms with van der Waals surface area (Å²) in [5.74, 6) is 0. The van der Waals surface area contributed by atoms with Crippen LogP contribution in [-0.2, 0) is 6.42 Å². The van der Waals surface area contributed by atoms with Crippen LogP contribution >= 0.6 is 27.5 Å². The first kappa shape index (κ1) is 14.6. The maximum absolute atomic E-state index is 6.08. The summed E-state index contributed by atoms with van der Waals surface area (Å²) in [7, 11) is 0. The normalized spacial score (nSPS) is 12.5. The standard InChI is InChI=1S/C17H18BrCl/c1-11-4-5-12(2)15(8-11)10-16(18)14-6-7-17(19)13(3)9-14/h4-9,16H,10H2,1-3H3. The van der Waals surface area contributed by atoms with E-state index in [0.717, 1.165) is 17.0 Å². The first-order chi connectivity index (χ1) is 8.97. The number of hydrogen-bond donors (Lipinski definition) is 0. The number of rotatable bonds is 3. The molecule has 0 nitrogen and oxygen atoms in total. The van der Waals surface area contributed by atoms with Gasteiger partial charge < -0.3 is 0 Å². The van der Waals surface area contributed by atoms with Gasteiger partial charge in [0.2, 0.25) is 0 Å². The number of benzene rings is 2. The average molecular weight is 338 g/mol. The van der Waals surface area contributed by atoms with Crippen molar-refractivity contribution in [3.63, 3.8) is 0 Å². The third kappa shape index (κ3) is 3.61. The van der Waals surface area contributed by atoms with Crippen molar-refractivity contribution in [2.24, 2.45) is 0 Å². The molecule has 0 bridgehead atoms. The van der Waals surface area contributed by atoms with Crippen LogP contribution in [0.3, 0.4) is 0 Å². The first-order valence-electron chi connectivity index (χ1n) is 6.43. The maximum Gasteiger partial charge on any atom is 0.0435 e. The van der Waals surface area contributed by atoms with Crippen LogP contribution in [0.4, 0.5) is 0 Å². The van der Waals surface area contributed by atoms with Crippen molar-refractivity contribution in [3.05, 3.63) is 69.2 Å². The fraction of sp³-hybridized carbons (Fsp3) is 0.294. The highest BCUT2D eigenvalue weighted by Crippen LogP contribution is 2.30. The molecule has 0 saturated heterocycles. The second-order valence-corrected chi connectivity index (χ2v) is 6.62. The third-order valence-corrected chi connectivity index (χ3v) is 4.72. The maximum atomic E-state index is 6.08. The van der Waals surface area contributed by atoms with Gasteiger partial charge in [-0.05, 0) is 55.5 Å². The van der Waals surface area contributed by atoms with Crippen molar-refractivity contribution in [2.45, 2.75) is 32.0 Å². The molecule has 0 aromatic heterocycles. The van der Waals surface area contributed by atoms with Gasteiger partial charge in [0.05, 0.1) is 0 Å². The minimum atomic E-state index is 0.323. The van der Waals surface area contributed by atoms with Crippen LogP contribution < -0.4 is 0 Å². The van der Waals surface area contributed by atoms with E-state index in [1.54, 1.807) is 0 Å². The van der Waals surface area contributed by atoms with Crippen molar-refractivity contribution in [1.29, 1.82) is 0 Å². The Kier molecular flexibility index (Phi) is 4.70. The summed E-state index contributed by atoms with van der Waals surface area (Å²) in [4.78, 5) is 0.323. The lowest BCUT2D eigenvalue weighted by Gasteiger charge is -2.14. The summed E-state index contributed by atoms with van der Waals surface area (Å²) in [6.45, 7) is 6.35. The summed E-state index contributed by atoms with van der Waals surface area (Å²) in [5.41, 5.74) is 6.47. The molecule has 2 heteroatoms. The van der Waals surface area contributed by atoms with Gasteiger partial charge in [-0.2, -0.15) is 0 Å². The molecule has 0 heterocycles. The third-order valence-electron chi connectivity index (χ3n) is 3.45. The van der Waals surface area contributed by atoms with E-state index in [9.17, 15) is 0 Å². The Morgan fingerprint density at radius 3 is 2.42 bits per heavy atom. The lowest BCUT2D eigenvalue weighted by atomic mass is 9.98. The molecule has 0 N–H and O–H groups in total. The van der Waals surface area contributed by atoms with E-state index in [4.69, 9.17) is 11.6 Å². The topological polar surface area (TPSA) is 0 Å². The van der Waals surface area contributed by atoms with Crippen molar-refractivity contribution in [2.75, 3.05) is 0 Å². The lowest BCUT2D eigenvalue weighted by Crippen LogP contribution is -1.98. The Morgan fingerprint density at radius 1 is 1.00 bits per heavy atom. The molecule has 0 radical (unpaired) electrons. The van der Waals surface area contributed by atoms with E-state index < -0.39 is 0 Å². The quantitative estimate of drug-likeness (QED) is 0.608. The van der Waals surface area contributed by atoms with Gasteiger partial charge in [-0.25, -0.2) is 0 Å². The summed E-state index contributed by atoms with van der Waals surface area (Å²) in [6, 6.07) is 12.9. The molecule has 0 aliphatic carbocycles. The Labute approximate surface area is 128 Å². The predicted octanol–water partition coefficient (Wildman–Crippen LogP) is 5.94. The summed E-state index contributed by atoms with van der Waals surface area (Å²) in [6.07, 6.45) is 0.995. The van der Waals surface area contributed by atoms with Gasteiger partial charge >= 0.3 is 0 Å². The van der Waals surface area contributed by atoms with Gasteiger partial charge in [-0.3, -0.25) is 0 Å². The van der Waals surface area contributed by atoms with Crippen molar-refractivity contribution in [1.82, 2.24) is 0 Å². The summed E-state index contributed by atoms with van der Waals surface area (Å²) in [5, 5.41) is 0.829. The zero-order chi connectivity index (χ0) is 14.0. The van der Waals surface area contributed by atoms with Crippen molar-refractivity contribution in [3.8, 4) is 0 Å². The molecule has 2 rings (SSSR count). The van der Waals surface area contributed by atoms with Crippen LogP contribution in [0.15, 0.2) is 36.4 Å². The van der Waals surface area contributed by atoms with Crippen LogP contribution in [0.25, 0.3) is 0 Å². The number of halogens is 2. The Hall–Kier alpha value is -0.790. The molecule has 2 aromatic rings. The molecule has 0 amide bonds. The predicted molar refractivity (Wildman–Crippen MR) is 87.5 cm³/mol. The van der Waals surface area contributed by atoms with Crippen LogP contribution in [0, 0.1) is 20.8 Å². The number of alkyl halides is 1. The SMILES string of the molecule is Cc1ccc(C)c(CC(Br)c2ccc(Cl)c(C)c2)c1. The summed E-state index contributed by atoms with van der Waals surface area (Å²) < 4.78 is 0. The molecule has 1 atom stereocenters. The zero-order valence-electron chi connectivity index (χ0n) is 11.5. The van der Waals surface area contributed by atoms with Gasteiger partial charge in [-0.1, -0.05) is 63.4 Å².